The van der Waals surface area contributed by atoms with E-state index in [9.17, 15) is 9.59 Å². The van der Waals surface area contributed by atoms with Gasteiger partial charge in [0.05, 0.1) is 18.4 Å². The van der Waals surface area contributed by atoms with E-state index in [1.165, 1.54) is 6.42 Å². The van der Waals surface area contributed by atoms with E-state index in [0.29, 0.717) is 18.5 Å². The minimum absolute atomic E-state index is 0. The van der Waals surface area contributed by atoms with Crippen molar-refractivity contribution in [2.24, 2.45) is 5.41 Å². The second-order valence-electron chi connectivity index (χ2n) is 10.8. The molecule has 2 amide bonds. The number of hydrogen-bond donors (Lipinski definition) is 1. The van der Waals surface area contributed by atoms with Gasteiger partial charge in [0.2, 0.25) is 11.8 Å². The molecule has 0 radical (unpaired) electrons. The van der Waals surface area contributed by atoms with Crippen LogP contribution in [0.1, 0.15) is 62.0 Å². The Balaban J connectivity index is 0.00000320. The summed E-state index contributed by atoms with van der Waals surface area (Å²) < 4.78 is 5.25. The van der Waals surface area contributed by atoms with Crippen molar-refractivity contribution in [1.29, 1.82) is 0 Å². The number of piperidine rings is 1. The van der Waals surface area contributed by atoms with Crippen LogP contribution in [-0.2, 0) is 16.1 Å². The van der Waals surface area contributed by atoms with Gasteiger partial charge in [0.25, 0.3) is 0 Å². The van der Waals surface area contributed by atoms with Crippen molar-refractivity contribution in [3.05, 3.63) is 65.7 Å². The van der Waals surface area contributed by atoms with Crippen LogP contribution in [0.15, 0.2) is 54.6 Å². The SMILES string of the molecule is COc1ccc(CN2CCC3(CCN(CCC(C(=O)NC4CCC4)c4ccccc4)CC3)C2=O)cc1.Cl. The van der Waals surface area contributed by atoms with Crippen LogP contribution in [0.3, 0.4) is 0 Å². The Morgan fingerprint density at radius 1 is 1.03 bits per heavy atom. The van der Waals surface area contributed by atoms with E-state index in [-0.39, 0.29) is 29.6 Å². The minimum Gasteiger partial charge on any atom is -0.497 e. The number of ether oxygens (including phenoxy) is 1. The van der Waals surface area contributed by atoms with Gasteiger partial charge in [-0.3, -0.25) is 9.59 Å². The molecule has 37 heavy (non-hydrogen) atoms. The Bertz CT molecular complexity index is 1030. The molecule has 7 heteroatoms. The number of carbonyl (C=O) groups is 2. The number of rotatable bonds is 9. The Kier molecular flexibility index (Phi) is 9.14. The zero-order valence-electron chi connectivity index (χ0n) is 21.9. The molecule has 200 valence electrons. The van der Waals surface area contributed by atoms with Crippen LogP contribution in [-0.4, -0.2) is 60.9 Å². The number of nitrogens with one attached hydrogen (secondary N) is 1. The maximum absolute atomic E-state index is 13.4. The third kappa shape index (κ3) is 6.29. The van der Waals surface area contributed by atoms with Crippen LogP contribution in [0.2, 0.25) is 0 Å². The van der Waals surface area contributed by atoms with Gasteiger partial charge in [-0.25, -0.2) is 0 Å². The van der Waals surface area contributed by atoms with Gasteiger partial charge >= 0.3 is 0 Å². The molecule has 3 aliphatic rings. The first-order valence-electron chi connectivity index (χ1n) is 13.6. The van der Waals surface area contributed by atoms with E-state index in [2.05, 4.69) is 22.3 Å². The quantitative estimate of drug-likeness (QED) is 0.512. The lowest BCUT2D eigenvalue weighted by atomic mass is 9.77. The van der Waals surface area contributed by atoms with E-state index in [1.54, 1.807) is 7.11 Å². The summed E-state index contributed by atoms with van der Waals surface area (Å²) in [6.07, 6.45) is 7.01. The molecule has 2 aromatic rings. The molecule has 0 aromatic heterocycles. The minimum atomic E-state index is -0.205. The smallest absolute Gasteiger partial charge is 0.229 e. The van der Waals surface area contributed by atoms with Gasteiger partial charge in [-0.1, -0.05) is 42.5 Å². The van der Waals surface area contributed by atoms with Crippen molar-refractivity contribution >= 4 is 24.2 Å². The first-order valence-corrected chi connectivity index (χ1v) is 13.6. The number of nitrogens with zero attached hydrogens (tertiary/aromatic N) is 2. The molecule has 3 fully saturated rings. The summed E-state index contributed by atoms with van der Waals surface area (Å²) in [6.45, 7) is 4.24. The lowest BCUT2D eigenvalue weighted by molar-refractivity contribution is -0.138. The molecule has 1 aliphatic carbocycles. The summed E-state index contributed by atoms with van der Waals surface area (Å²) in [5.41, 5.74) is 2.04. The average Bonchev–Trinajstić information content (AvgIpc) is 3.18. The molecular formula is C30H40ClN3O3. The third-order valence-corrected chi connectivity index (χ3v) is 8.65. The molecule has 1 unspecified atom stereocenters. The van der Waals surface area contributed by atoms with E-state index < -0.39 is 0 Å². The summed E-state index contributed by atoms with van der Waals surface area (Å²) in [4.78, 5) is 31.0. The second-order valence-corrected chi connectivity index (χ2v) is 10.8. The number of hydrogen-bond acceptors (Lipinski definition) is 4. The zero-order valence-corrected chi connectivity index (χ0v) is 22.7. The monoisotopic (exact) mass is 525 g/mol. The van der Waals surface area contributed by atoms with E-state index in [0.717, 1.165) is 81.6 Å². The van der Waals surface area contributed by atoms with Crippen LogP contribution in [0, 0.1) is 5.41 Å². The highest BCUT2D eigenvalue weighted by Gasteiger charge is 2.47. The molecule has 1 saturated carbocycles. The Hall–Kier alpha value is -2.57. The maximum Gasteiger partial charge on any atom is 0.229 e. The van der Waals surface area contributed by atoms with Crippen molar-refractivity contribution in [2.75, 3.05) is 33.3 Å². The molecule has 0 bridgehead atoms. The Morgan fingerprint density at radius 3 is 2.32 bits per heavy atom. The van der Waals surface area contributed by atoms with Crippen molar-refractivity contribution < 1.29 is 14.3 Å². The van der Waals surface area contributed by atoms with Crippen molar-refractivity contribution in [2.45, 2.75) is 63.5 Å². The maximum atomic E-state index is 13.4. The molecule has 1 N–H and O–H groups in total. The summed E-state index contributed by atoms with van der Waals surface area (Å²) in [7, 11) is 1.67. The van der Waals surface area contributed by atoms with Crippen molar-refractivity contribution in [3.8, 4) is 5.75 Å². The van der Waals surface area contributed by atoms with Crippen molar-refractivity contribution in [1.82, 2.24) is 15.1 Å². The van der Waals surface area contributed by atoms with Gasteiger partial charge in [-0.2, -0.15) is 0 Å². The van der Waals surface area contributed by atoms with E-state index in [1.807, 2.05) is 47.4 Å². The summed E-state index contributed by atoms with van der Waals surface area (Å²) in [5, 5.41) is 3.26. The highest BCUT2D eigenvalue weighted by molar-refractivity contribution is 5.86. The van der Waals surface area contributed by atoms with Crippen molar-refractivity contribution in [3.63, 3.8) is 0 Å². The molecule has 2 heterocycles. The van der Waals surface area contributed by atoms with Gasteiger partial charge in [0, 0.05) is 19.1 Å². The number of benzene rings is 2. The van der Waals surface area contributed by atoms with E-state index in [4.69, 9.17) is 4.74 Å². The van der Waals surface area contributed by atoms with Gasteiger partial charge < -0.3 is 19.9 Å². The predicted octanol–water partition coefficient (Wildman–Crippen LogP) is 4.77. The largest absolute Gasteiger partial charge is 0.497 e. The van der Waals surface area contributed by atoms with Crippen LogP contribution < -0.4 is 10.1 Å². The van der Waals surface area contributed by atoms with E-state index >= 15 is 0 Å². The lowest BCUT2D eigenvalue weighted by Gasteiger charge is -2.38. The topological polar surface area (TPSA) is 61.9 Å². The van der Waals surface area contributed by atoms with Crippen LogP contribution >= 0.6 is 12.4 Å². The Morgan fingerprint density at radius 2 is 1.70 bits per heavy atom. The normalized spacial score (nSPS) is 20.2. The third-order valence-electron chi connectivity index (χ3n) is 8.65. The molecule has 1 spiro atoms. The lowest BCUT2D eigenvalue weighted by Crippen LogP contribution is -2.46. The number of amides is 2. The second kappa shape index (κ2) is 12.3. The molecule has 5 rings (SSSR count). The number of carbonyl (C=O) groups excluding carboxylic acids is 2. The van der Waals surface area contributed by atoms with Gasteiger partial charge in [0.15, 0.2) is 0 Å². The number of likely N-dealkylation sites (tertiary alicyclic amines) is 2. The zero-order chi connectivity index (χ0) is 25.0. The number of halogens is 1. The fourth-order valence-corrected chi connectivity index (χ4v) is 5.96. The highest BCUT2D eigenvalue weighted by Crippen LogP contribution is 2.42. The molecule has 1 atom stereocenters. The van der Waals surface area contributed by atoms with Gasteiger partial charge in [-0.05, 0) is 87.8 Å². The molecular weight excluding hydrogens is 486 g/mol. The fraction of sp³-hybridized carbons (Fsp3) is 0.533. The molecule has 6 nitrogen and oxygen atoms in total. The molecule has 2 aliphatic heterocycles. The predicted molar refractivity (Wildman–Crippen MR) is 148 cm³/mol. The average molecular weight is 526 g/mol. The molecule has 2 aromatic carbocycles. The van der Waals surface area contributed by atoms with Gasteiger partial charge in [-0.15, -0.1) is 12.4 Å². The van der Waals surface area contributed by atoms with Crippen LogP contribution in [0.4, 0.5) is 0 Å². The standard InChI is InChI=1S/C30H39N3O3.ClH/c1-36-26-12-10-23(11-13-26)22-33-21-17-30(29(33)35)15-19-32(20-16-30)18-14-27(24-6-3-2-4-7-24)28(34)31-25-8-5-9-25;/h2-4,6-7,10-13,25,27H,5,8-9,14-22H2,1H3,(H,31,34);1H. The summed E-state index contributed by atoms with van der Waals surface area (Å²) in [5.74, 6) is 1.21. The first kappa shape index (κ1) is 27.5. The summed E-state index contributed by atoms with van der Waals surface area (Å²) >= 11 is 0. The highest BCUT2D eigenvalue weighted by atomic mass is 35.5. The molecule has 2 saturated heterocycles. The van der Waals surface area contributed by atoms with Crippen LogP contribution in [0.5, 0.6) is 5.75 Å². The Labute approximate surface area is 227 Å². The fourth-order valence-electron chi connectivity index (χ4n) is 5.96. The van der Waals surface area contributed by atoms with Crippen LogP contribution in [0.25, 0.3) is 0 Å². The first-order chi connectivity index (χ1) is 17.6. The van der Waals surface area contributed by atoms with Gasteiger partial charge in [0.1, 0.15) is 5.75 Å². The number of methoxy groups -OCH3 is 1. The summed E-state index contributed by atoms with van der Waals surface area (Å²) in [6, 6.07) is 18.6.